The average molecular weight is 276 g/mol. The van der Waals surface area contributed by atoms with Crippen LogP contribution >= 0.6 is 0 Å². The minimum absolute atomic E-state index is 0.103. The highest BCUT2D eigenvalue weighted by Crippen LogP contribution is 2.14. The fourth-order valence-electron chi connectivity index (χ4n) is 2.32. The Kier molecular flexibility index (Phi) is 4.98. The van der Waals surface area contributed by atoms with Gasteiger partial charge in [0.2, 0.25) is 0 Å². The van der Waals surface area contributed by atoms with Crippen LogP contribution in [0.1, 0.15) is 36.0 Å². The Balaban J connectivity index is 2.01. The molecule has 2 rings (SSSR count). The summed E-state index contributed by atoms with van der Waals surface area (Å²) >= 11 is 0. The Hall–Kier alpha value is -2.04. The fourth-order valence-corrected chi connectivity index (χ4v) is 2.32. The van der Waals surface area contributed by atoms with Crippen molar-refractivity contribution in [3.8, 4) is 0 Å². The summed E-state index contributed by atoms with van der Waals surface area (Å²) in [7, 11) is 1.34. The number of esters is 1. The van der Waals surface area contributed by atoms with Gasteiger partial charge in [-0.15, -0.1) is 0 Å². The Morgan fingerprint density at radius 1 is 1.15 bits per heavy atom. The SMILES string of the molecule is COC(=O)c1cccc(NC(=O)N2CCCCCC2)c1. The molecule has 5 heteroatoms. The van der Waals surface area contributed by atoms with Crippen LogP contribution < -0.4 is 5.32 Å². The van der Waals surface area contributed by atoms with Crippen LogP contribution in [0.25, 0.3) is 0 Å². The molecular weight excluding hydrogens is 256 g/mol. The summed E-state index contributed by atoms with van der Waals surface area (Å²) in [5.74, 6) is -0.407. The van der Waals surface area contributed by atoms with E-state index in [2.05, 4.69) is 10.1 Å². The van der Waals surface area contributed by atoms with Crippen molar-refractivity contribution < 1.29 is 14.3 Å². The average Bonchev–Trinajstić information content (AvgIpc) is 2.76. The number of hydrogen-bond donors (Lipinski definition) is 1. The van der Waals surface area contributed by atoms with Crippen molar-refractivity contribution in [3.63, 3.8) is 0 Å². The summed E-state index contributed by atoms with van der Waals surface area (Å²) in [6.45, 7) is 1.59. The topological polar surface area (TPSA) is 58.6 Å². The molecule has 0 spiro atoms. The van der Waals surface area contributed by atoms with Crippen LogP contribution in [0.15, 0.2) is 24.3 Å². The maximum Gasteiger partial charge on any atom is 0.337 e. The van der Waals surface area contributed by atoms with Crippen molar-refractivity contribution in [1.29, 1.82) is 0 Å². The normalized spacial score (nSPS) is 15.3. The third-order valence-corrected chi connectivity index (χ3v) is 3.43. The lowest BCUT2D eigenvalue weighted by molar-refractivity contribution is 0.0600. The lowest BCUT2D eigenvalue weighted by atomic mass is 10.2. The molecule has 2 amide bonds. The molecular formula is C15H20N2O3. The van der Waals surface area contributed by atoms with E-state index >= 15 is 0 Å². The van der Waals surface area contributed by atoms with Gasteiger partial charge < -0.3 is 15.0 Å². The van der Waals surface area contributed by atoms with Crippen LogP contribution in [0.5, 0.6) is 0 Å². The van der Waals surface area contributed by atoms with Crippen LogP contribution in [0, 0.1) is 0 Å². The first-order valence-electron chi connectivity index (χ1n) is 6.95. The molecule has 1 saturated heterocycles. The van der Waals surface area contributed by atoms with Crippen molar-refractivity contribution in [2.45, 2.75) is 25.7 Å². The van der Waals surface area contributed by atoms with Crippen molar-refractivity contribution in [2.75, 3.05) is 25.5 Å². The van der Waals surface area contributed by atoms with Crippen LogP contribution in [0.3, 0.4) is 0 Å². The maximum absolute atomic E-state index is 12.2. The summed E-state index contributed by atoms with van der Waals surface area (Å²) in [5, 5.41) is 2.84. The molecule has 1 N–H and O–H groups in total. The van der Waals surface area contributed by atoms with E-state index in [0.29, 0.717) is 11.3 Å². The molecule has 1 aliphatic rings. The summed E-state index contributed by atoms with van der Waals surface area (Å²) in [5.41, 5.74) is 1.04. The number of benzene rings is 1. The van der Waals surface area contributed by atoms with E-state index < -0.39 is 5.97 Å². The number of rotatable bonds is 2. The number of carbonyl (C=O) groups is 2. The molecule has 1 fully saturated rings. The van der Waals surface area contributed by atoms with Gasteiger partial charge in [0.15, 0.2) is 0 Å². The zero-order valence-corrected chi connectivity index (χ0v) is 11.7. The largest absolute Gasteiger partial charge is 0.465 e. The van der Waals surface area contributed by atoms with Gasteiger partial charge in [0.1, 0.15) is 0 Å². The number of methoxy groups -OCH3 is 1. The van der Waals surface area contributed by atoms with Gasteiger partial charge in [0.05, 0.1) is 12.7 Å². The molecule has 0 radical (unpaired) electrons. The zero-order chi connectivity index (χ0) is 14.4. The van der Waals surface area contributed by atoms with Crippen molar-refractivity contribution >= 4 is 17.7 Å². The number of carbonyl (C=O) groups excluding carboxylic acids is 2. The highest BCUT2D eigenvalue weighted by molar-refractivity contribution is 5.93. The summed E-state index contributed by atoms with van der Waals surface area (Å²) in [6.07, 6.45) is 4.47. The molecule has 0 unspecified atom stereocenters. The van der Waals surface area contributed by atoms with Gasteiger partial charge in [-0.2, -0.15) is 0 Å². The molecule has 1 heterocycles. The molecule has 108 valence electrons. The monoisotopic (exact) mass is 276 g/mol. The molecule has 20 heavy (non-hydrogen) atoms. The standard InChI is InChI=1S/C15H20N2O3/c1-20-14(18)12-7-6-8-13(11-12)16-15(19)17-9-4-2-3-5-10-17/h6-8,11H,2-5,9-10H2,1H3,(H,16,19). The van der Waals surface area contributed by atoms with Gasteiger partial charge in [-0.3, -0.25) is 0 Å². The smallest absolute Gasteiger partial charge is 0.337 e. The number of urea groups is 1. The quantitative estimate of drug-likeness (QED) is 0.845. The Bertz CT molecular complexity index is 480. The predicted molar refractivity (Wildman–Crippen MR) is 76.8 cm³/mol. The maximum atomic E-state index is 12.2. The summed E-state index contributed by atoms with van der Waals surface area (Å²) in [4.78, 5) is 25.5. The lowest BCUT2D eigenvalue weighted by Crippen LogP contribution is -2.35. The first kappa shape index (κ1) is 14.4. The highest BCUT2D eigenvalue weighted by atomic mass is 16.5. The van der Waals surface area contributed by atoms with Crippen LogP contribution in [-0.4, -0.2) is 37.1 Å². The zero-order valence-electron chi connectivity index (χ0n) is 11.7. The van der Waals surface area contributed by atoms with Crippen molar-refractivity contribution in [3.05, 3.63) is 29.8 Å². The molecule has 0 aliphatic carbocycles. The van der Waals surface area contributed by atoms with Gasteiger partial charge in [0, 0.05) is 18.8 Å². The Morgan fingerprint density at radius 3 is 2.50 bits per heavy atom. The molecule has 1 aromatic carbocycles. The van der Waals surface area contributed by atoms with Gasteiger partial charge >= 0.3 is 12.0 Å². The molecule has 0 aromatic heterocycles. The first-order chi connectivity index (χ1) is 9.70. The second-order valence-corrected chi connectivity index (χ2v) is 4.90. The minimum atomic E-state index is -0.407. The van der Waals surface area contributed by atoms with E-state index in [-0.39, 0.29) is 6.03 Å². The lowest BCUT2D eigenvalue weighted by Gasteiger charge is -2.20. The Morgan fingerprint density at radius 2 is 1.85 bits per heavy atom. The van der Waals surface area contributed by atoms with Crippen LogP contribution in [0.4, 0.5) is 10.5 Å². The van der Waals surface area contributed by atoms with E-state index in [4.69, 9.17) is 0 Å². The van der Waals surface area contributed by atoms with Crippen molar-refractivity contribution in [2.24, 2.45) is 0 Å². The van der Waals surface area contributed by atoms with Gasteiger partial charge in [-0.05, 0) is 31.0 Å². The number of nitrogens with zero attached hydrogens (tertiary/aromatic N) is 1. The van der Waals surface area contributed by atoms with Gasteiger partial charge in [0.25, 0.3) is 0 Å². The Labute approximate surface area is 118 Å². The third-order valence-electron chi connectivity index (χ3n) is 3.43. The molecule has 5 nitrogen and oxygen atoms in total. The molecule has 0 bridgehead atoms. The van der Waals surface area contributed by atoms with Crippen LogP contribution in [-0.2, 0) is 4.74 Å². The summed E-state index contributed by atoms with van der Waals surface area (Å²) in [6, 6.07) is 6.68. The number of likely N-dealkylation sites (tertiary alicyclic amines) is 1. The van der Waals surface area contributed by atoms with Crippen LogP contribution in [0.2, 0.25) is 0 Å². The fraction of sp³-hybridized carbons (Fsp3) is 0.467. The number of nitrogens with one attached hydrogen (secondary N) is 1. The number of hydrogen-bond acceptors (Lipinski definition) is 3. The van der Waals surface area contributed by atoms with E-state index in [1.807, 2.05) is 4.90 Å². The minimum Gasteiger partial charge on any atom is -0.465 e. The molecule has 1 aromatic rings. The van der Waals surface area contributed by atoms with Gasteiger partial charge in [-0.1, -0.05) is 18.9 Å². The molecule has 0 atom stereocenters. The van der Waals surface area contributed by atoms with Crippen molar-refractivity contribution in [1.82, 2.24) is 4.90 Å². The van der Waals surface area contributed by atoms with Gasteiger partial charge in [-0.25, -0.2) is 9.59 Å². The molecule has 1 aliphatic heterocycles. The molecule has 0 saturated carbocycles. The summed E-state index contributed by atoms with van der Waals surface area (Å²) < 4.78 is 4.67. The van der Waals surface area contributed by atoms with E-state index in [0.717, 1.165) is 25.9 Å². The second kappa shape index (κ2) is 6.93. The van der Waals surface area contributed by atoms with E-state index in [9.17, 15) is 9.59 Å². The van der Waals surface area contributed by atoms with E-state index in [1.165, 1.54) is 20.0 Å². The van der Waals surface area contributed by atoms with E-state index in [1.54, 1.807) is 24.3 Å². The number of anilines is 1. The third kappa shape index (κ3) is 3.73. The highest BCUT2D eigenvalue weighted by Gasteiger charge is 2.15. The second-order valence-electron chi connectivity index (χ2n) is 4.90. The number of ether oxygens (including phenoxy) is 1. The first-order valence-corrected chi connectivity index (χ1v) is 6.95. The number of amides is 2. The predicted octanol–water partition coefficient (Wildman–Crippen LogP) is 2.88.